The van der Waals surface area contributed by atoms with Crippen LogP contribution in [0.5, 0.6) is 5.88 Å². The molecule has 1 N–H and O–H groups in total. The fourth-order valence-corrected chi connectivity index (χ4v) is 2.20. The molecule has 132 valence electrons. The van der Waals surface area contributed by atoms with E-state index in [1.165, 1.54) is 26.3 Å². The van der Waals surface area contributed by atoms with Crippen molar-refractivity contribution in [3.63, 3.8) is 0 Å². The van der Waals surface area contributed by atoms with Crippen LogP contribution in [0.15, 0.2) is 48.7 Å². The molecule has 0 aliphatic carbocycles. The van der Waals surface area contributed by atoms with Gasteiger partial charge < -0.3 is 14.8 Å². The second kappa shape index (κ2) is 8.82. The molecular formula is C19H22N2O4. The molecule has 0 saturated heterocycles. The number of esters is 1. The van der Waals surface area contributed by atoms with Crippen LogP contribution in [-0.2, 0) is 9.53 Å². The van der Waals surface area contributed by atoms with Gasteiger partial charge in [0, 0.05) is 18.8 Å². The van der Waals surface area contributed by atoms with E-state index in [4.69, 9.17) is 9.47 Å². The van der Waals surface area contributed by atoms with Crippen molar-refractivity contribution in [2.45, 2.75) is 25.9 Å². The van der Waals surface area contributed by atoms with Gasteiger partial charge in [-0.3, -0.25) is 4.79 Å². The summed E-state index contributed by atoms with van der Waals surface area (Å²) >= 11 is 0. The third-order valence-corrected chi connectivity index (χ3v) is 3.79. The zero-order valence-corrected chi connectivity index (χ0v) is 14.6. The Bertz CT molecular complexity index is 701. The number of nitrogens with zero attached hydrogens (tertiary/aromatic N) is 1. The summed E-state index contributed by atoms with van der Waals surface area (Å²) in [5.41, 5.74) is 1.40. The number of hydrogen-bond donors (Lipinski definition) is 1. The number of benzene rings is 1. The van der Waals surface area contributed by atoms with Crippen LogP contribution < -0.4 is 10.1 Å². The molecule has 6 heteroatoms. The number of pyridine rings is 1. The largest absolute Gasteiger partial charge is 0.481 e. The van der Waals surface area contributed by atoms with Crippen molar-refractivity contribution >= 4 is 11.9 Å². The average molecular weight is 342 g/mol. The molecule has 2 atom stereocenters. The van der Waals surface area contributed by atoms with Gasteiger partial charge in [0.15, 0.2) is 6.10 Å². The number of amides is 1. The number of carbonyl (C=O) groups excluding carboxylic acids is 2. The van der Waals surface area contributed by atoms with Crippen LogP contribution in [0, 0.1) is 0 Å². The van der Waals surface area contributed by atoms with Gasteiger partial charge in [0.1, 0.15) is 0 Å². The maximum absolute atomic E-state index is 12.1. The average Bonchev–Trinajstić information content (AvgIpc) is 2.66. The molecule has 0 aliphatic rings. The molecule has 1 amide bonds. The highest BCUT2D eigenvalue weighted by molar-refractivity contribution is 5.92. The van der Waals surface area contributed by atoms with E-state index in [1.54, 1.807) is 6.07 Å². The second-order valence-corrected chi connectivity index (χ2v) is 5.69. The van der Waals surface area contributed by atoms with Gasteiger partial charge in [-0.2, -0.15) is 0 Å². The molecule has 1 aromatic heterocycles. The monoisotopic (exact) mass is 342 g/mol. The van der Waals surface area contributed by atoms with Crippen LogP contribution in [0.4, 0.5) is 0 Å². The van der Waals surface area contributed by atoms with Crippen molar-refractivity contribution < 1.29 is 19.1 Å². The first-order chi connectivity index (χ1) is 12.0. The zero-order valence-electron chi connectivity index (χ0n) is 14.6. The first-order valence-corrected chi connectivity index (χ1v) is 8.05. The van der Waals surface area contributed by atoms with Crippen molar-refractivity contribution in [3.8, 4) is 5.88 Å². The van der Waals surface area contributed by atoms with Crippen LogP contribution in [0.2, 0.25) is 0 Å². The lowest BCUT2D eigenvalue weighted by atomic mass is 10.0. The fourth-order valence-electron chi connectivity index (χ4n) is 2.20. The van der Waals surface area contributed by atoms with E-state index in [0.29, 0.717) is 12.4 Å². The SMILES string of the molecule is COc1ccc(C(=O)OC(C)C(=O)NCC(C)c2ccccc2)cn1. The Morgan fingerprint density at radius 1 is 1.12 bits per heavy atom. The predicted molar refractivity (Wildman–Crippen MR) is 93.5 cm³/mol. The first kappa shape index (κ1) is 18.4. The number of nitrogens with one attached hydrogen (secondary N) is 1. The van der Waals surface area contributed by atoms with Crippen molar-refractivity contribution in [3.05, 3.63) is 59.8 Å². The Balaban J connectivity index is 1.83. The number of hydrogen-bond acceptors (Lipinski definition) is 5. The highest BCUT2D eigenvalue weighted by Crippen LogP contribution is 2.13. The minimum Gasteiger partial charge on any atom is -0.481 e. The lowest BCUT2D eigenvalue weighted by Crippen LogP contribution is -2.37. The second-order valence-electron chi connectivity index (χ2n) is 5.69. The molecule has 25 heavy (non-hydrogen) atoms. The molecule has 2 aromatic rings. The van der Waals surface area contributed by atoms with E-state index in [1.807, 2.05) is 37.3 Å². The van der Waals surface area contributed by atoms with E-state index >= 15 is 0 Å². The van der Waals surface area contributed by atoms with Crippen molar-refractivity contribution in [2.24, 2.45) is 0 Å². The third-order valence-electron chi connectivity index (χ3n) is 3.79. The standard InChI is InChI=1S/C19H22N2O4/c1-13(15-7-5-4-6-8-15)11-21-18(22)14(2)25-19(23)16-9-10-17(24-3)20-12-16/h4-10,12-14H,11H2,1-3H3,(H,21,22). The van der Waals surface area contributed by atoms with Gasteiger partial charge in [0.25, 0.3) is 5.91 Å². The Hall–Kier alpha value is -2.89. The highest BCUT2D eigenvalue weighted by atomic mass is 16.5. The Morgan fingerprint density at radius 3 is 2.44 bits per heavy atom. The molecule has 2 unspecified atom stereocenters. The summed E-state index contributed by atoms with van der Waals surface area (Å²) in [7, 11) is 1.49. The molecule has 0 bridgehead atoms. The Labute approximate surface area is 147 Å². The summed E-state index contributed by atoms with van der Waals surface area (Å²) in [6.07, 6.45) is 0.459. The van der Waals surface area contributed by atoms with Crippen LogP contribution in [0.25, 0.3) is 0 Å². The molecule has 0 fully saturated rings. The van der Waals surface area contributed by atoms with Crippen LogP contribution >= 0.6 is 0 Å². The van der Waals surface area contributed by atoms with Gasteiger partial charge >= 0.3 is 5.97 Å². The van der Waals surface area contributed by atoms with Gasteiger partial charge in [-0.25, -0.2) is 9.78 Å². The molecule has 0 saturated carbocycles. The van der Waals surface area contributed by atoms with Gasteiger partial charge in [-0.1, -0.05) is 37.3 Å². The van der Waals surface area contributed by atoms with E-state index < -0.39 is 12.1 Å². The van der Waals surface area contributed by atoms with Crippen molar-refractivity contribution in [1.29, 1.82) is 0 Å². The smallest absolute Gasteiger partial charge is 0.340 e. The normalized spacial score (nSPS) is 12.8. The molecule has 6 nitrogen and oxygen atoms in total. The third kappa shape index (κ3) is 5.31. The number of rotatable bonds is 7. The van der Waals surface area contributed by atoms with E-state index in [2.05, 4.69) is 10.3 Å². The summed E-state index contributed by atoms with van der Waals surface area (Å²) in [5, 5.41) is 2.80. The number of aromatic nitrogens is 1. The number of carbonyl (C=O) groups is 2. The van der Waals surface area contributed by atoms with Crippen LogP contribution in [0.1, 0.15) is 35.7 Å². The van der Waals surface area contributed by atoms with Crippen LogP contribution in [-0.4, -0.2) is 36.6 Å². The van der Waals surface area contributed by atoms with Gasteiger partial charge in [-0.15, -0.1) is 0 Å². The topological polar surface area (TPSA) is 77.5 Å². The Morgan fingerprint density at radius 2 is 1.84 bits per heavy atom. The van der Waals surface area contributed by atoms with Gasteiger partial charge in [0.05, 0.1) is 12.7 Å². The maximum atomic E-state index is 12.1. The maximum Gasteiger partial charge on any atom is 0.340 e. The molecule has 1 aromatic carbocycles. The minimum atomic E-state index is -0.891. The quantitative estimate of drug-likeness (QED) is 0.783. The molecular weight excluding hydrogens is 320 g/mol. The summed E-state index contributed by atoms with van der Waals surface area (Å²) in [4.78, 5) is 28.1. The van der Waals surface area contributed by atoms with Crippen molar-refractivity contribution in [2.75, 3.05) is 13.7 Å². The zero-order chi connectivity index (χ0) is 18.2. The lowest BCUT2D eigenvalue weighted by molar-refractivity contribution is -0.129. The summed E-state index contributed by atoms with van der Waals surface area (Å²) in [6.45, 7) is 4.03. The highest BCUT2D eigenvalue weighted by Gasteiger charge is 2.19. The van der Waals surface area contributed by atoms with Crippen LogP contribution in [0.3, 0.4) is 0 Å². The lowest BCUT2D eigenvalue weighted by Gasteiger charge is -2.16. The van der Waals surface area contributed by atoms with E-state index in [-0.39, 0.29) is 17.4 Å². The molecule has 2 rings (SSSR count). The summed E-state index contributed by atoms with van der Waals surface area (Å²) < 4.78 is 10.1. The molecule has 1 heterocycles. The molecule has 0 radical (unpaired) electrons. The minimum absolute atomic E-state index is 0.166. The summed E-state index contributed by atoms with van der Waals surface area (Å²) in [6, 6.07) is 13.0. The molecule has 0 aliphatic heterocycles. The molecule has 0 spiro atoms. The first-order valence-electron chi connectivity index (χ1n) is 8.05. The number of methoxy groups -OCH3 is 1. The number of ether oxygens (including phenoxy) is 2. The fraction of sp³-hybridized carbons (Fsp3) is 0.316. The summed E-state index contributed by atoms with van der Waals surface area (Å²) in [5.74, 6) is -0.373. The van der Waals surface area contributed by atoms with E-state index in [9.17, 15) is 9.59 Å². The van der Waals surface area contributed by atoms with Gasteiger partial charge in [0.2, 0.25) is 5.88 Å². The Kier molecular flexibility index (Phi) is 6.51. The predicted octanol–water partition coefficient (Wildman–Crippen LogP) is 2.56. The van der Waals surface area contributed by atoms with Crippen molar-refractivity contribution in [1.82, 2.24) is 10.3 Å². The van der Waals surface area contributed by atoms with Gasteiger partial charge in [-0.05, 0) is 24.5 Å². The van der Waals surface area contributed by atoms with E-state index in [0.717, 1.165) is 5.56 Å².